The lowest BCUT2D eigenvalue weighted by atomic mass is 10.2. The molecule has 0 fully saturated rings. The zero-order valence-electron chi connectivity index (χ0n) is 12.6. The van der Waals surface area contributed by atoms with Crippen LogP contribution in [0.3, 0.4) is 0 Å². The minimum atomic E-state index is -4.51. The summed E-state index contributed by atoms with van der Waals surface area (Å²) in [5.41, 5.74) is -0.916. The first-order chi connectivity index (χ1) is 10.8. The predicted molar refractivity (Wildman–Crippen MR) is 82.3 cm³/mol. The molecule has 0 bridgehead atoms. The van der Waals surface area contributed by atoms with Crippen LogP contribution in [0.4, 0.5) is 13.2 Å². The Morgan fingerprint density at radius 2 is 2.09 bits per heavy atom. The van der Waals surface area contributed by atoms with Gasteiger partial charge in [-0.25, -0.2) is 0 Å². The van der Waals surface area contributed by atoms with Gasteiger partial charge in [0.1, 0.15) is 5.69 Å². The standard InChI is InChI=1S/C15H16F3N3OS/c1-21(2)11(12-4-3-7-23-12)9-20-14(22)10-5-6-13(19-8-10)15(16,17)18/h3-8,11H,9H2,1-2H3,(H,20,22)/t11-/m1/s1. The van der Waals surface area contributed by atoms with E-state index in [2.05, 4.69) is 10.3 Å². The number of hydrogen-bond donors (Lipinski definition) is 1. The molecule has 1 N–H and O–H groups in total. The Labute approximate surface area is 136 Å². The lowest BCUT2D eigenvalue weighted by Crippen LogP contribution is -2.34. The Morgan fingerprint density at radius 1 is 1.35 bits per heavy atom. The van der Waals surface area contributed by atoms with Gasteiger partial charge in [0.05, 0.1) is 11.6 Å². The number of amides is 1. The van der Waals surface area contributed by atoms with Crippen molar-refractivity contribution in [3.05, 3.63) is 52.0 Å². The molecule has 0 unspecified atom stereocenters. The van der Waals surface area contributed by atoms with Crippen LogP contribution in [0.15, 0.2) is 35.8 Å². The molecule has 1 atom stereocenters. The number of carbonyl (C=O) groups is 1. The highest BCUT2D eigenvalue weighted by atomic mass is 32.1. The van der Waals surface area contributed by atoms with Crippen LogP contribution in [0.5, 0.6) is 0 Å². The smallest absolute Gasteiger partial charge is 0.350 e. The number of likely N-dealkylation sites (N-methyl/N-ethyl adjacent to an activating group) is 1. The van der Waals surface area contributed by atoms with Crippen molar-refractivity contribution >= 4 is 17.2 Å². The number of thiophene rings is 1. The van der Waals surface area contributed by atoms with E-state index < -0.39 is 17.8 Å². The van der Waals surface area contributed by atoms with Crippen molar-refractivity contribution in [2.24, 2.45) is 0 Å². The van der Waals surface area contributed by atoms with E-state index in [-0.39, 0.29) is 11.6 Å². The highest BCUT2D eigenvalue weighted by molar-refractivity contribution is 7.10. The highest BCUT2D eigenvalue weighted by Crippen LogP contribution is 2.27. The van der Waals surface area contributed by atoms with E-state index in [1.54, 1.807) is 11.3 Å². The first kappa shape index (κ1) is 17.4. The number of carbonyl (C=O) groups excluding carboxylic acids is 1. The molecule has 0 spiro atoms. The Bertz CT molecular complexity index is 639. The van der Waals surface area contributed by atoms with E-state index in [0.29, 0.717) is 6.54 Å². The van der Waals surface area contributed by atoms with E-state index in [4.69, 9.17) is 0 Å². The molecule has 0 saturated heterocycles. The molecule has 2 aromatic heterocycles. The molecule has 0 aliphatic carbocycles. The molecule has 0 radical (unpaired) electrons. The Kier molecular flexibility index (Phi) is 5.38. The van der Waals surface area contributed by atoms with Crippen molar-refractivity contribution in [2.75, 3.05) is 20.6 Å². The maximum Gasteiger partial charge on any atom is 0.433 e. The molecule has 0 aromatic carbocycles. The number of nitrogens with one attached hydrogen (secondary N) is 1. The fourth-order valence-corrected chi connectivity index (χ4v) is 2.93. The van der Waals surface area contributed by atoms with Gasteiger partial charge in [0, 0.05) is 17.6 Å². The molecule has 2 aromatic rings. The van der Waals surface area contributed by atoms with Crippen LogP contribution in [-0.4, -0.2) is 36.4 Å². The van der Waals surface area contributed by atoms with Crippen LogP contribution >= 0.6 is 11.3 Å². The van der Waals surface area contributed by atoms with E-state index in [1.807, 2.05) is 36.5 Å². The molecular weight excluding hydrogens is 327 g/mol. The molecule has 23 heavy (non-hydrogen) atoms. The number of halogens is 3. The molecule has 124 valence electrons. The maximum absolute atomic E-state index is 12.5. The second kappa shape index (κ2) is 7.10. The summed E-state index contributed by atoms with van der Waals surface area (Å²) in [6.07, 6.45) is -3.57. The van der Waals surface area contributed by atoms with Gasteiger partial charge in [-0.2, -0.15) is 13.2 Å². The van der Waals surface area contributed by atoms with Crippen molar-refractivity contribution < 1.29 is 18.0 Å². The summed E-state index contributed by atoms with van der Waals surface area (Å²) in [5, 5.41) is 4.68. The van der Waals surface area contributed by atoms with Crippen molar-refractivity contribution in [1.29, 1.82) is 0 Å². The molecular formula is C15H16F3N3OS. The summed E-state index contributed by atoms with van der Waals surface area (Å²) in [4.78, 5) is 18.4. The van der Waals surface area contributed by atoms with Crippen LogP contribution in [0.2, 0.25) is 0 Å². The largest absolute Gasteiger partial charge is 0.433 e. The highest BCUT2D eigenvalue weighted by Gasteiger charge is 2.32. The quantitative estimate of drug-likeness (QED) is 0.907. The Hall–Kier alpha value is -1.93. The summed E-state index contributed by atoms with van der Waals surface area (Å²) < 4.78 is 37.4. The number of pyridine rings is 1. The first-order valence-corrected chi connectivity index (χ1v) is 7.68. The lowest BCUT2D eigenvalue weighted by Gasteiger charge is -2.23. The van der Waals surface area contributed by atoms with Gasteiger partial charge in [0.2, 0.25) is 0 Å². The molecule has 2 heterocycles. The monoisotopic (exact) mass is 343 g/mol. The van der Waals surface area contributed by atoms with Gasteiger partial charge < -0.3 is 10.2 Å². The minimum Gasteiger partial charge on any atom is -0.350 e. The van der Waals surface area contributed by atoms with Crippen molar-refractivity contribution in [2.45, 2.75) is 12.2 Å². The molecule has 4 nitrogen and oxygen atoms in total. The van der Waals surface area contributed by atoms with Crippen LogP contribution in [0.25, 0.3) is 0 Å². The van der Waals surface area contributed by atoms with Gasteiger partial charge in [0.15, 0.2) is 0 Å². The normalized spacial score (nSPS) is 13.1. The summed E-state index contributed by atoms with van der Waals surface area (Å²) in [5.74, 6) is -0.449. The fraction of sp³-hybridized carbons (Fsp3) is 0.333. The molecule has 0 aliphatic heterocycles. The summed E-state index contributed by atoms with van der Waals surface area (Å²) in [6, 6.07) is 5.83. The molecule has 1 amide bonds. The van der Waals surface area contributed by atoms with E-state index in [1.165, 1.54) is 0 Å². The van der Waals surface area contributed by atoms with Gasteiger partial charge in [0.25, 0.3) is 5.91 Å². The van der Waals surface area contributed by atoms with Gasteiger partial charge >= 0.3 is 6.18 Å². The van der Waals surface area contributed by atoms with Crippen LogP contribution in [0.1, 0.15) is 27.0 Å². The third kappa shape index (κ3) is 4.52. The van der Waals surface area contributed by atoms with Gasteiger partial charge in [-0.15, -0.1) is 11.3 Å². The summed E-state index contributed by atoms with van der Waals surface area (Å²) >= 11 is 1.58. The van der Waals surface area contributed by atoms with Crippen LogP contribution < -0.4 is 5.32 Å². The zero-order valence-corrected chi connectivity index (χ0v) is 13.4. The minimum absolute atomic E-state index is 0.00126. The Morgan fingerprint density at radius 3 is 2.57 bits per heavy atom. The maximum atomic E-state index is 12.5. The predicted octanol–water partition coefficient (Wildman–Crippen LogP) is 3.19. The SMILES string of the molecule is CN(C)[C@H](CNC(=O)c1ccc(C(F)(F)F)nc1)c1cccs1. The number of nitrogens with zero attached hydrogens (tertiary/aromatic N) is 2. The van der Waals surface area contributed by atoms with Gasteiger partial charge in [-0.3, -0.25) is 9.78 Å². The second-order valence-electron chi connectivity index (χ2n) is 5.13. The number of aromatic nitrogens is 1. The summed E-state index contributed by atoms with van der Waals surface area (Å²) in [7, 11) is 3.80. The number of hydrogen-bond acceptors (Lipinski definition) is 4. The van der Waals surface area contributed by atoms with Crippen molar-refractivity contribution in [1.82, 2.24) is 15.2 Å². The average Bonchev–Trinajstić information content (AvgIpc) is 3.00. The average molecular weight is 343 g/mol. The lowest BCUT2D eigenvalue weighted by molar-refractivity contribution is -0.141. The van der Waals surface area contributed by atoms with E-state index in [9.17, 15) is 18.0 Å². The zero-order chi connectivity index (χ0) is 17.0. The topological polar surface area (TPSA) is 45.2 Å². The molecule has 8 heteroatoms. The second-order valence-corrected chi connectivity index (χ2v) is 6.11. The van der Waals surface area contributed by atoms with E-state index >= 15 is 0 Å². The van der Waals surface area contributed by atoms with Crippen LogP contribution in [-0.2, 0) is 6.18 Å². The third-order valence-electron chi connectivity index (χ3n) is 3.27. The summed E-state index contributed by atoms with van der Waals surface area (Å²) in [6.45, 7) is 0.355. The molecule has 2 rings (SSSR count). The molecule has 0 saturated carbocycles. The molecule has 0 aliphatic rings. The van der Waals surface area contributed by atoms with Crippen molar-refractivity contribution in [3.63, 3.8) is 0 Å². The van der Waals surface area contributed by atoms with Crippen LogP contribution in [0, 0.1) is 0 Å². The number of rotatable bonds is 5. The first-order valence-electron chi connectivity index (χ1n) is 6.80. The fourth-order valence-electron chi connectivity index (χ4n) is 2.01. The van der Waals surface area contributed by atoms with Crippen molar-refractivity contribution in [3.8, 4) is 0 Å². The van der Waals surface area contributed by atoms with E-state index in [0.717, 1.165) is 23.2 Å². The number of alkyl halides is 3. The van der Waals surface area contributed by atoms with Gasteiger partial charge in [-0.05, 0) is 37.7 Å². The Balaban J connectivity index is 2.01. The third-order valence-corrected chi connectivity index (χ3v) is 4.24. The van der Waals surface area contributed by atoms with Gasteiger partial charge in [-0.1, -0.05) is 6.07 Å².